The molecule has 0 bridgehead atoms. The van der Waals surface area contributed by atoms with E-state index < -0.39 is 12.1 Å². The van der Waals surface area contributed by atoms with E-state index in [9.17, 15) is 14.4 Å². The zero-order chi connectivity index (χ0) is 41.5. The van der Waals surface area contributed by atoms with Crippen molar-refractivity contribution in [2.75, 3.05) is 13.2 Å². The Morgan fingerprint density at radius 3 is 1.35 bits per heavy atom. The highest BCUT2D eigenvalue weighted by molar-refractivity contribution is 5.71. The fourth-order valence-corrected chi connectivity index (χ4v) is 5.92. The summed E-state index contributed by atoms with van der Waals surface area (Å²) in [6, 6.07) is 0. The number of hydrogen-bond donors (Lipinski definition) is 0. The monoisotopic (exact) mass is 793 g/mol. The van der Waals surface area contributed by atoms with Gasteiger partial charge in [-0.3, -0.25) is 14.4 Å². The second-order valence-corrected chi connectivity index (χ2v) is 14.9. The van der Waals surface area contributed by atoms with Crippen molar-refractivity contribution in [2.24, 2.45) is 0 Å². The van der Waals surface area contributed by atoms with Gasteiger partial charge in [0.15, 0.2) is 6.10 Å². The number of ether oxygens (including phenoxy) is 3. The molecular weight excluding hydrogens is 709 g/mol. The third kappa shape index (κ3) is 43.6. The van der Waals surface area contributed by atoms with E-state index in [1.165, 1.54) is 77.0 Å². The number of carbonyl (C=O) groups is 3. The largest absolute Gasteiger partial charge is 0.462 e. The van der Waals surface area contributed by atoms with E-state index in [-0.39, 0.29) is 38.0 Å². The van der Waals surface area contributed by atoms with Gasteiger partial charge in [-0.25, -0.2) is 0 Å². The molecule has 0 aromatic carbocycles. The van der Waals surface area contributed by atoms with Crippen LogP contribution in [0.2, 0.25) is 0 Å². The van der Waals surface area contributed by atoms with Gasteiger partial charge in [-0.2, -0.15) is 0 Å². The lowest BCUT2D eigenvalue weighted by Crippen LogP contribution is -2.30. The van der Waals surface area contributed by atoms with Crippen LogP contribution in [0.4, 0.5) is 0 Å². The summed E-state index contributed by atoms with van der Waals surface area (Å²) >= 11 is 0. The number of rotatable bonds is 40. The maximum Gasteiger partial charge on any atom is 0.306 e. The van der Waals surface area contributed by atoms with Gasteiger partial charge in [-0.05, 0) is 89.9 Å². The average Bonchev–Trinajstić information content (AvgIpc) is 3.21. The molecule has 0 saturated heterocycles. The van der Waals surface area contributed by atoms with Crippen LogP contribution < -0.4 is 0 Å². The third-order valence-corrected chi connectivity index (χ3v) is 9.39. The van der Waals surface area contributed by atoms with Crippen LogP contribution in [-0.2, 0) is 28.6 Å². The van der Waals surface area contributed by atoms with E-state index >= 15 is 0 Å². The molecule has 0 saturated carbocycles. The molecule has 324 valence electrons. The Morgan fingerprint density at radius 1 is 0.386 bits per heavy atom. The Hall–Kier alpha value is -3.41. The van der Waals surface area contributed by atoms with Crippen LogP contribution in [0.25, 0.3) is 0 Å². The standard InChI is InChI=1S/C51H84O6/c1-4-7-10-13-16-19-22-24-25-27-29-32-35-38-41-44-50(53)56-47-48(46-55-49(52)43-40-37-34-31-28-21-18-15-12-9-6-3)57-51(54)45-42-39-36-33-30-26-23-20-17-14-11-8-5-2/h9,12,16,18-19,21-22,24,26,30-31,34,36,39,48H,4-8,10-11,13-15,17,20,23,25,27-29,32-33,35,37-38,40-47H2,1-3H3/b12-9-,19-16-,21-18-,24-22-,30-26-,34-31-,39-36-. The van der Waals surface area contributed by atoms with Gasteiger partial charge in [0.2, 0.25) is 0 Å². The molecule has 1 unspecified atom stereocenters. The number of unbranched alkanes of at least 4 members (excludes halogenated alkanes) is 16. The van der Waals surface area contributed by atoms with Crippen LogP contribution in [-0.4, -0.2) is 37.2 Å². The quantitative estimate of drug-likeness (QED) is 0.0202. The smallest absolute Gasteiger partial charge is 0.306 e. The lowest BCUT2D eigenvalue weighted by atomic mass is 10.1. The van der Waals surface area contributed by atoms with E-state index in [1.54, 1.807) is 0 Å². The Morgan fingerprint density at radius 2 is 0.789 bits per heavy atom. The lowest BCUT2D eigenvalue weighted by Gasteiger charge is -2.18. The minimum Gasteiger partial charge on any atom is -0.462 e. The van der Waals surface area contributed by atoms with Crippen molar-refractivity contribution >= 4 is 17.9 Å². The van der Waals surface area contributed by atoms with Gasteiger partial charge in [-0.1, -0.05) is 176 Å². The van der Waals surface area contributed by atoms with E-state index in [4.69, 9.17) is 14.2 Å². The van der Waals surface area contributed by atoms with E-state index in [1.807, 2.05) is 6.08 Å². The number of allylic oxidation sites excluding steroid dienone is 14. The Labute approximate surface area is 350 Å². The lowest BCUT2D eigenvalue weighted by molar-refractivity contribution is -0.166. The van der Waals surface area contributed by atoms with Crippen molar-refractivity contribution in [3.8, 4) is 0 Å². The van der Waals surface area contributed by atoms with Crippen molar-refractivity contribution < 1.29 is 28.6 Å². The van der Waals surface area contributed by atoms with Crippen LogP contribution in [0.15, 0.2) is 85.1 Å². The minimum atomic E-state index is -0.830. The van der Waals surface area contributed by atoms with Gasteiger partial charge < -0.3 is 14.2 Å². The van der Waals surface area contributed by atoms with Crippen molar-refractivity contribution in [3.05, 3.63) is 85.1 Å². The van der Waals surface area contributed by atoms with Crippen LogP contribution in [0, 0.1) is 0 Å². The summed E-state index contributed by atoms with van der Waals surface area (Å²) in [7, 11) is 0. The molecule has 0 heterocycles. The van der Waals surface area contributed by atoms with E-state index in [0.29, 0.717) is 19.3 Å². The zero-order valence-electron chi connectivity index (χ0n) is 36.8. The van der Waals surface area contributed by atoms with Crippen molar-refractivity contribution in [1.29, 1.82) is 0 Å². The maximum atomic E-state index is 12.7. The van der Waals surface area contributed by atoms with E-state index in [2.05, 4.69) is 99.8 Å². The molecule has 0 rings (SSSR count). The molecule has 0 aliphatic rings. The summed E-state index contributed by atoms with van der Waals surface area (Å²) in [5.74, 6) is -1.07. The van der Waals surface area contributed by atoms with Crippen molar-refractivity contribution in [3.63, 3.8) is 0 Å². The molecule has 0 radical (unpaired) electrons. The first-order chi connectivity index (χ1) is 28.0. The Kier molecular flexibility index (Phi) is 42.6. The van der Waals surface area contributed by atoms with Crippen molar-refractivity contribution in [1.82, 2.24) is 0 Å². The number of hydrogen-bond acceptors (Lipinski definition) is 6. The molecule has 0 N–H and O–H groups in total. The van der Waals surface area contributed by atoms with E-state index in [0.717, 1.165) is 70.6 Å². The molecule has 0 aliphatic heterocycles. The summed E-state index contributed by atoms with van der Waals surface area (Å²) in [6.45, 7) is 6.35. The summed E-state index contributed by atoms with van der Waals surface area (Å²) in [5, 5.41) is 0. The second kappa shape index (κ2) is 45.3. The zero-order valence-corrected chi connectivity index (χ0v) is 36.8. The normalized spacial score (nSPS) is 12.8. The molecule has 6 heteroatoms. The molecule has 0 amide bonds. The second-order valence-electron chi connectivity index (χ2n) is 14.9. The van der Waals surface area contributed by atoms with Crippen LogP contribution in [0.3, 0.4) is 0 Å². The summed E-state index contributed by atoms with van der Waals surface area (Å²) < 4.78 is 16.6. The molecule has 0 aliphatic carbocycles. The van der Waals surface area contributed by atoms with Gasteiger partial charge in [-0.15, -0.1) is 0 Å². The van der Waals surface area contributed by atoms with Gasteiger partial charge in [0.1, 0.15) is 13.2 Å². The molecule has 57 heavy (non-hydrogen) atoms. The van der Waals surface area contributed by atoms with Gasteiger partial charge >= 0.3 is 17.9 Å². The average molecular weight is 793 g/mol. The molecule has 0 aromatic rings. The van der Waals surface area contributed by atoms with Gasteiger partial charge in [0.05, 0.1) is 0 Å². The first kappa shape index (κ1) is 53.6. The SMILES string of the molecule is CC/C=C\C/C=C\C/C=C\CCCC(=O)OCC(COC(=O)CCCCCCCC/C=C\C=C/CCCCC)OC(=O)CC/C=C\C/C=C\CCCCCCCC. The maximum absolute atomic E-state index is 12.7. The van der Waals surface area contributed by atoms with Crippen LogP contribution in [0.5, 0.6) is 0 Å². The fraction of sp³-hybridized carbons (Fsp3) is 0.667. The highest BCUT2D eigenvalue weighted by atomic mass is 16.6. The van der Waals surface area contributed by atoms with Crippen LogP contribution in [0.1, 0.15) is 201 Å². The molecule has 0 fully saturated rings. The minimum absolute atomic E-state index is 0.122. The first-order valence-electron chi connectivity index (χ1n) is 23.1. The molecule has 0 aromatic heterocycles. The van der Waals surface area contributed by atoms with Gasteiger partial charge in [0, 0.05) is 19.3 Å². The summed E-state index contributed by atoms with van der Waals surface area (Å²) in [5.41, 5.74) is 0. The highest BCUT2D eigenvalue weighted by Gasteiger charge is 2.19. The molecule has 6 nitrogen and oxygen atoms in total. The highest BCUT2D eigenvalue weighted by Crippen LogP contribution is 2.12. The summed E-state index contributed by atoms with van der Waals surface area (Å²) in [4.78, 5) is 37.7. The Balaban J connectivity index is 4.53. The predicted octanol–water partition coefficient (Wildman–Crippen LogP) is 14.9. The third-order valence-electron chi connectivity index (χ3n) is 9.39. The molecule has 0 spiro atoms. The number of carbonyl (C=O) groups excluding carboxylic acids is 3. The van der Waals surface area contributed by atoms with Crippen molar-refractivity contribution in [2.45, 2.75) is 207 Å². The first-order valence-corrected chi connectivity index (χ1v) is 23.1. The van der Waals surface area contributed by atoms with Gasteiger partial charge in [0.25, 0.3) is 0 Å². The molecular formula is C51H84O6. The number of esters is 3. The topological polar surface area (TPSA) is 78.9 Å². The fourth-order valence-electron chi connectivity index (χ4n) is 5.92. The van der Waals surface area contributed by atoms with Crippen LogP contribution >= 0.6 is 0 Å². The predicted molar refractivity (Wildman–Crippen MR) is 242 cm³/mol. The Bertz CT molecular complexity index is 1140. The molecule has 1 atom stereocenters. The summed E-state index contributed by atoms with van der Waals surface area (Å²) in [6.07, 6.45) is 57.3.